The van der Waals surface area contributed by atoms with E-state index in [9.17, 15) is 31.5 Å². The number of rotatable bonds is 9. The van der Waals surface area contributed by atoms with Gasteiger partial charge in [-0.2, -0.15) is 18.3 Å². The number of alkyl halides is 5. The molecule has 41 heavy (non-hydrogen) atoms. The summed E-state index contributed by atoms with van der Waals surface area (Å²) < 4.78 is 67.2. The SMILES string of the molecule is Cc1cccc(C(=O)N[C@H](c2cn3ncc([C@H](NC(=O)CCC(F)(F)F)C4CC4)cc3n2)C2CCC(F)(F)CC2)c1. The Balaban J connectivity index is 1.39. The minimum atomic E-state index is -4.42. The Labute approximate surface area is 233 Å². The third-order valence-electron chi connectivity index (χ3n) is 7.88. The summed E-state index contributed by atoms with van der Waals surface area (Å²) in [5.74, 6) is -3.93. The maximum absolute atomic E-state index is 14.0. The molecule has 3 aromatic rings. The summed E-state index contributed by atoms with van der Waals surface area (Å²) in [6.45, 7) is 1.87. The third kappa shape index (κ3) is 7.39. The van der Waals surface area contributed by atoms with Gasteiger partial charge in [0.05, 0.1) is 36.6 Å². The lowest BCUT2D eigenvalue weighted by atomic mass is 9.81. The fraction of sp³-hybridized carbons (Fsp3) is 0.517. The number of nitrogens with zero attached hydrogens (tertiary/aromatic N) is 3. The van der Waals surface area contributed by atoms with E-state index in [4.69, 9.17) is 4.98 Å². The van der Waals surface area contributed by atoms with E-state index >= 15 is 0 Å². The molecule has 1 aromatic carbocycles. The Kier molecular flexibility index (Phi) is 8.02. The van der Waals surface area contributed by atoms with Crippen LogP contribution < -0.4 is 10.6 Å². The van der Waals surface area contributed by atoms with E-state index in [1.807, 2.05) is 13.0 Å². The summed E-state index contributed by atoms with van der Waals surface area (Å²) >= 11 is 0. The minimum Gasteiger partial charge on any atom is -0.349 e. The van der Waals surface area contributed by atoms with Crippen molar-refractivity contribution in [1.82, 2.24) is 25.2 Å². The molecule has 2 saturated carbocycles. The zero-order valence-electron chi connectivity index (χ0n) is 22.6. The first-order valence-electron chi connectivity index (χ1n) is 13.8. The summed E-state index contributed by atoms with van der Waals surface area (Å²) in [5.41, 5.74) is 2.88. The molecule has 5 rings (SSSR count). The molecular formula is C29H32F5N5O2. The number of hydrogen-bond donors (Lipinski definition) is 2. The molecule has 0 bridgehead atoms. The van der Waals surface area contributed by atoms with Gasteiger partial charge in [0.25, 0.3) is 5.91 Å². The van der Waals surface area contributed by atoms with Crippen molar-refractivity contribution in [3.63, 3.8) is 0 Å². The van der Waals surface area contributed by atoms with Gasteiger partial charge in [0.2, 0.25) is 11.8 Å². The van der Waals surface area contributed by atoms with Crippen molar-refractivity contribution in [2.45, 2.75) is 82.5 Å². The molecule has 2 aliphatic carbocycles. The number of aromatic nitrogens is 3. The number of hydrogen-bond acceptors (Lipinski definition) is 4. The Morgan fingerprint density at radius 3 is 2.41 bits per heavy atom. The van der Waals surface area contributed by atoms with Crippen LogP contribution in [0.5, 0.6) is 0 Å². The van der Waals surface area contributed by atoms with E-state index in [1.165, 1.54) is 4.52 Å². The van der Waals surface area contributed by atoms with E-state index in [2.05, 4.69) is 15.7 Å². The predicted molar refractivity (Wildman–Crippen MR) is 140 cm³/mol. The second-order valence-electron chi connectivity index (χ2n) is 11.3. The highest BCUT2D eigenvalue weighted by atomic mass is 19.4. The molecular weight excluding hydrogens is 545 g/mol. The zero-order chi connectivity index (χ0) is 29.4. The maximum Gasteiger partial charge on any atom is 0.389 e. The van der Waals surface area contributed by atoms with Crippen LogP contribution in [0.3, 0.4) is 0 Å². The molecule has 2 atom stereocenters. The molecule has 0 saturated heterocycles. The van der Waals surface area contributed by atoms with Crippen LogP contribution in [0.4, 0.5) is 22.0 Å². The number of benzene rings is 1. The summed E-state index contributed by atoms with van der Waals surface area (Å²) in [6, 6.07) is 7.67. The van der Waals surface area contributed by atoms with Gasteiger partial charge in [-0.25, -0.2) is 18.3 Å². The van der Waals surface area contributed by atoms with Crippen LogP contribution in [0.25, 0.3) is 5.65 Å². The van der Waals surface area contributed by atoms with Crippen LogP contribution >= 0.6 is 0 Å². The van der Waals surface area contributed by atoms with Gasteiger partial charge in [0, 0.05) is 24.8 Å². The lowest BCUT2D eigenvalue weighted by Crippen LogP contribution is -2.37. The monoisotopic (exact) mass is 577 g/mol. The molecule has 2 fully saturated rings. The maximum atomic E-state index is 14.0. The van der Waals surface area contributed by atoms with Crippen molar-refractivity contribution < 1.29 is 31.5 Å². The zero-order valence-corrected chi connectivity index (χ0v) is 22.6. The number of imidazole rings is 1. The van der Waals surface area contributed by atoms with E-state index < -0.39 is 42.9 Å². The Morgan fingerprint density at radius 2 is 1.76 bits per heavy atom. The molecule has 2 aromatic heterocycles. The lowest BCUT2D eigenvalue weighted by molar-refractivity contribution is -0.144. The van der Waals surface area contributed by atoms with E-state index in [0.29, 0.717) is 22.5 Å². The van der Waals surface area contributed by atoms with Crippen molar-refractivity contribution in [2.24, 2.45) is 11.8 Å². The first-order chi connectivity index (χ1) is 19.4. The second-order valence-corrected chi connectivity index (χ2v) is 11.3. The summed E-state index contributed by atoms with van der Waals surface area (Å²) in [5, 5.41) is 10.2. The van der Waals surface area contributed by atoms with Crippen LogP contribution in [-0.4, -0.2) is 38.5 Å². The van der Waals surface area contributed by atoms with Crippen molar-refractivity contribution in [2.75, 3.05) is 0 Å². The van der Waals surface area contributed by atoms with Gasteiger partial charge in [0.1, 0.15) is 0 Å². The van der Waals surface area contributed by atoms with Gasteiger partial charge in [-0.05, 0) is 68.2 Å². The van der Waals surface area contributed by atoms with Crippen LogP contribution in [0, 0.1) is 18.8 Å². The second kappa shape index (κ2) is 11.4. The molecule has 2 aliphatic rings. The van der Waals surface area contributed by atoms with Gasteiger partial charge in [-0.15, -0.1) is 0 Å². The molecule has 2 heterocycles. The number of carbonyl (C=O) groups excluding carboxylic acids is 2. The molecule has 0 radical (unpaired) electrons. The standard InChI is InChI=1S/C29H32F5N5O2/c1-17-3-2-4-20(13-17)27(41)38-26(19-7-10-28(30,31)11-8-19)22-16-39-23(36-22)14-21(15-35-39)25(18-5-6-18)37-24(40)9-12-29(32,33)34/h2-4,13-16,18-19,25-26H,5-12H2,1H3,(H,37,40)(H,38,41)/t25-,26+/m1/s1. The van der Waals surface area contributed by atoms with Gasteiger partial charge in [-0.1, -0.05) is 17.7 Å². The predicted octanol–water partition coefficient (Wildman–Crippen LogP) is 6.24. The fourth-order valence-electron chi connectivity index (χ4n) is 5.47. The number of amides is 2. The Bertz CT molecular complexity index is 1410. The van der Waals surface area contributed by atoms with Crippen molar-refractivity contribution in [1.29, 1.82) is 0 Å². The quantitative estimate of drug-likeness (QED) is 0.295. The Hall–Kier alpha value is -3.57. The molecule has 2 N–H and O–H groups in total. The average Bonchev–Trinajstić information content (AvgIpc) is 3.66. The highest BCUT2D eigenvalue weighted by Gasteiger charge is 2.40. The molecule has 0 unspecified atom stereocenters. The van der Waals surface area contributed by atoms with Gasteiger partial charge in [-0.3, -0.25) is 9.59 Å². The molecule has 0 aliphatic heterocycles. The van der Waals surface area contributed by atoms with Crippen LogP contribution in [0.15, 0.2) is 42.7 Å². The molecule has 2 amide bonds. The fourth-order valence-corrected chi connectivity index (χ4v) is 5.47. The van der Waals surface area contributed by atoms with Crippen molar-refractivity contribution in [3.8, 4) is 0 Å². The van der Waals surface area contributed by atoms with E-state index in [1.54, 1.807) is 36.7 Å². The van der Waals surface area contributed by atoms with E-state index in [0.717, 1.165) is 18.4 Å². The van der Waals surface area contributed by atoms with Crippen molar-refractivity contribution >= 4 is 17.5 Å². The first-order valence-corrected chi connectivity index (χ1v) is 13.8. The molecule has 0 spiro atoms. The lowest BCUT2D eigenvalue weighted by Gasteiger charge is -2.33. The van der Waals surface area contributed by atoms with Gasteiger partial charge >= 0.3 is 6.18 Å². The summed E-state index contributed by atoms with van der Waals surface area (Å²) in [4.78, 5) is 30.2. The van der Waals surface area contributed by atoms with Crippen LogP contribution in [0.1, 0.15) is 90.6 Å². The number of fused-ring (bicyclic) bond motifs is 1. The molecule has 220 valence electrons. The Morgan fingerprint density at radius 1 is 1.05 bits per heavy atom. The van der Waals surface area contributed by atoms with Crippen LogP contribution in [-0.2, 0) is 4.79 Å². The van der Waals surface area contributed by atoms with Crippen molar-refractivity contribution in [3.05, 3.63) is 65.1 Å². The third-order valence-corrected chi connectivity index (χ3v) is 7.88. The average molecular weight is 578 g/mol. The van der Waals surface area contributed by atoms with E-state index in [-0.39, 0.29) is 43.4 Å². The smallest absolute Gasteiger partial charge is 0.349 e. The number of nitrogens with one attached hydrogen (secondary N) is 2. The largest absolute Gasteiger partial charge is 0.389 e. The summed E-state index contributed by atoms with van der Waals surface area (Å²) in [6.07, 6.45) is -1.53. The normalized spacial score (nSPS) is 19.1. The highest BCUT2D eigenvalue weighted by molar-refractivity contribution is 5.94. The highest BCUT2D eigenvalue weighted by Crippen LogP contribution is 2.43. The number of aryl methyl sites for hydroxylation is 1. The summed E-state index contributed by atoms with van der Waals surface area (Å²) in [7, 11) is 0. The first kappa shape index (κ1) is 28.9. The molecule has 7 nitrogen and oxygen atoms in total. The number of halogens is 5. The van der Waals surface area contributed by atoms with Gasteiger partial charge in [0.15, 0.2) is 5.65 Å². The van der Waals surface area contributed by atoms with Crippen LogP contribution in [0.2, 0.25) is 0 Å². The number of carbonyl (C=O) groups is 2. The van der Waals surface area contributed by atoms with Gasteiger partial charge < -0.3 is 10.6 Å². The topological polar surface area (TPSA) is 88.4 Å². The molecule has 12 heteroatoms. The minimum absolute atomic E-state index is 0.0915.